The molecule has 0 saturated carbocycles. The van der Waals surface area contributed by atoms with E-state index in [9.17, 15) is 14.0 Å². The fraction of sp³-hybridized carbons (Fsp3) is 0.265. The van der Waals surface area contributed by atoms with E-state index in [-0.39, 0.29) is 30.2 Å². The first-order chi connectivity index (χ1) is 22.6. The third-order valence-corrected chi connectivity index (χ3v) is 9.74. The smallest absolute Gasteiger partial charge is 0.338 e. The van der Waals surface area contributed by atoms with Crippen molar-refractivity contribution in [2.75, 3.05) is 27.4 Å². The Kier molecular flexibility index (Phi) is 11.1. The summed E-state index contributed by atoms with van der Waals surface area (Å²) >= 11 is 6.96. The van der Waals surface area contributed by atoms with Crippen LogP contribution >= 0.6 is 49.9 Å². The van der Waals surface area contributed by atoms with E-state index in [4.69, 9.17) is 23.7 Å². The first kappa shape index (κ1) is 34.6. The van der Waals surface area contributed by atoms with Gasteiger partial charge in [0.2, 0.25) is 0 Å². The molecule has 0 fully saturated rings. The summed E-state index contributed by atoms with van der Waals surface area (Å²) in [6.07, 6.45) is 1.74. The van der Waals surface area contributed by atoms with Crippen LogP contribution in [0.3, 0.4) is 0 Å². The minimum absolute atomic E-state index is 0.0189. The standard InChI is InChI=1S/C34H31BrFIN2O7S/c1-6-44-26-16-22(35)21(15-25(26)42-4)30-29(33(41)45-7-2)18(3)38-34-39(30)32(40)28(47-34)14-19-12-24(37)31(27(13-19)43-5)46-17-20-10-8-9-11-23(20)36/h8-16,30H,6-7,17H2,1-5H3/b28-14+/t30-/m1/s1. The van der Waals surface area contributed by atoms with Crippen LogP contribution in [0.4, 0.5) is 4.39 Å². The summed E-state index contributed by atoms with van der Waals surface area (Å²) in [4.78, 5) is 32.7. The fourth-order valence-corrected chi connectivity index (χ4v) is 7.52. The van der Waals surface area contributed by atoms with Crippen LogP contribution in [0.15, 0.2) is 74.1 Å². The van der Waals surface area contributed by atoms with Crippen LogP contribution in [0, 0.1) is 9.39 Å². The molecule has 0 saturated heterocycles. The molecule has 3 aromatic carbocycles. The molecule has 246 valence electrons. The number of hydrogen-bond donors (Lipinski definition) is 0. The van der Waals surface area contributed by atoms with Crippen LogP contribution in [0.1, 0.15) is 43.5 Å². The van der Waals surface area contributed by atoms with Crippen molar-refractivity contribution in [3.8, 4) is 23.0 Å². The Balaban J connectivity index is 1.63. The Labute approximate surface area is 296 Å². The summed E-state index contributed by atoms with van der Waals surface area (Å²) in [7, 11) is 3.04. The predicted molar refractivity (Wildman–Crippen MR) is 189 cm³/mol. The van der Waals surface area contributed by atoms with Gasteiger partial charge in [0.25, 0.3) is 5.56 Å². The molecule has 0 unspecified atom stereocenters. The first-order valence-corrected chi connectivity index (χ1v) is 17.2. The average Bonchev–Trinajstić information content (AvgIpc) is 3.34. The number of methoxy groups -OCH3 is 2. The molecule has 1 aliphatic rings. The van der Waals surface area contributed by atoms with E-state index < -0.39 is 12.0 Å². The molecule has 47 heavy (non-hydrogen) atoms. The molecule has 1 aromatic heterocycles. The molecule has 0 aliphatic carbocycles. The molecule has 2 heterocycles. The summed E-state index contributed by atoms with van der Waals surface area (Å²) in [5, 5.41) is 0. The molecule has 13 heteroatoms. The van der Waals surface area contributed by atoms with E-state index in [0.29, 0.717) is 69.4 Å². The van der Waals surface area contributed by atoms with Gasteiger partial charge in [-0.25, -0.2) is 14.2 Å². The van der Waals surface area contributed by atoms with Gasteiger partial charge < -0.3 is 23.7 Å². The van der Waals surface area contributed by atoms with Gasteiger partial charge in [0.05, 0.1) is 52.8 Å². The normalized spacial score (nSPS) is 14.4. The number of hydrogen-bond acceptors (Lipinski definition) is 9. The van der Waals surface area contributed by atoms with Gasteiger partial charge in [-0.05, 0) is 90.9 Å². The molecule has 0 radical (unpaired) electrons. The molecule has 9 nitrogen and oxygen atoms in total. The zero-order valence-electron chi connectivity index (χ0n) is 26.2. The molecule has 4 aromatic rings. The average molecular weight is 838 g/mol. The second kappa shape index (κ2) is 15.0. The summed E-state index contributed by atoms with van der Waals surface area (Å²) in [6.45, 7) is 5.91. The van der Waals surface area contributed by atoms with Gasteiger partial charge in [0.1, 0.15) is 12.4 Å². The second-order valence-electron chi connectivity index (χ2n) is 10.2. The third-order valence-electron chi connectivity index (χ3n) is 7.27. The topological polar surface area (TPSA) is 97.6 Å². The quantitative estimate of drug-likeness (QED) is 0.129. The number of nitrogens with zero attached hydrogens (tertiary/aromatic N) is 2. The summed E-state index contributed by atoms with van der Waals surface area (Å²) in [5.41, 5.74) is 2.03. The lowest BCUT2D eigenvalue weighted by molar-refractivity contribution is -0.139. The largest absolute Gasteiger partial charge is 0.493 e. The van der Waals surface area contributed by atoms with Crippen molar-refractivity contribution < 1.29 is 32.9 Å². The second-order valence-corrected chi connectivity index (χ2v) is 13.2. The van der Waals surface area contributed by atoms with Crippen molar-refractivity contribution >= 4 is 61.9 Å². The van der Waals surface area contributed by atoms with Crippen LogP contribution in [-0.4, -0.2) is 38.0 Å². The molecule has 0 spiro atoms. The van der Waals surface area contributed by atoms with Gasteiger partial charge in [-0.2, -0.15) is 0 Å². The van der Waals surface area contributed by atoms with E-state index in [1.807, 2.05) is 13.0 Å². The monoisotopic (exact) mass is 836 g/mol. The maximum absolute atomic E-state index is 14.2. The molecule has 5 rings (SSSR count). The summed E-state index contributed by atoms with van der Waals surface area (Å²) in [5.74, 6) is 0.919. The van der Waals surface area contributed by atoms with Crippen LogP contribution in [-0.2, 0) is 16.1 Å². The van der Waals surface area contributed by atoms with Crippen molar-refractivity contribution in [2.45, 2.75) is 33.4 Å². The van der Waals surface area contributed by atoms with Crippen molar-refractivity contribution in [1.29, 1.82) is 0 Å². The lowest BCUT2D eigenvalue weighted by Crippen LogP contribution is -2.40. The lowest BCUT2D eigenvalue weighted by atomic mass is 9.95. The van der Waals surface area contributed by atoms with Crippen LogP contribution in [0.5, 0.6) is 23.0 Å². The van der Waals surface area contributed by atoms with E-state index >= 15 is 0 Å². The molecule has 0 amide bonds. The number of rotatable bonds is 11. The van der Waals surface area contributed by atoms with E-state index in [2.05, 4.69) is 43.5 Å². The van der Waals surface area contributed by atoms with E-state index in [0.717, 1.165) is 0 Å². The highest BCUT2D eigenvalue weighted by atomic mass is 127. The number of carbonyl (C=O) groups is 1. The zero-order chi connectivity index (χ0) is 33.8. The summed E-state index contributed by atoms with van der Waals surface area (Å²) in [6, 6.07) is 12.6. The minimum atomic E-state index is -0.866. The molecule has 1 atom stereocenters. The van der Waals surface area contributed by atoms with Gasteiger partial charge in [-0.15, -0.1) is 0 Å². The highest BCUT2D eigenvalue weighted by Crippen LogP contribution is 2.41. The molecular weight excluding hydrogens is 806 g/mol. The summed E-state index contributed by atoms with van der Waals surface area (Å²) < 4.78 is 45.8. The van der Waals surface area contributed by atoms with Gasteiger partial charge in [0.15, 0.2) is 27.8 Å². The highest BCUT2D eigenvalue weighted by molar-refractivity contribution is 14.1. The number of esters is 1. The zero-order valence-corrected chi connectivity index (χ0v) is 30.7. The predicted octanol–water partition coefficient (Wildman–Crippen LogP) is 6.30. The fourth-order valence-electron chi connectivity index (χ4n) is 5.15. The van der Waals surface area contributed by atoms with Crippen LogP contribution in [0.2, 0.25) is 0 Å². The van der Waals surface area contributed by atoms with Crippen molar-refractivity contribution in [2.24, 2.45) is 4.99 Å². The SMILES string of the molecule is CCOC(=O)C1=C(C)N=c2s/c(=C/c3cc(I)c(OCc4ccccc4F)c(OC)c3)c(=O)n2[C@@H]1c1cc(OC)c(OCC)cc1Br. The Morgan fingerprint density at radius 2 is 1.81 bits per heavy atom. The van der Waals surface area contributed by atoms with Crippen molar-refractivity contribution in [3.05, 3.63) is 110 Å². The first-order valence-electron chi connectivity index (χ1n) is 14.5. The van der Waals surface area contributed by atoms with Gasteiger partial charge in [-0.3, -0.25) is 9.36 Å². The number of carbonyl (C=O) groups excluding carboxylic acids is 1. The van der Waals surface area contributed by atoms with Crippen LogP contribution in [0.25, 0.3) is 6.08 Å². The van der Waals surface area contributed by atoms with Crippen molar-refractivity contribution in [3.63, 3.8) is 0 Å². The minimum Gasteiger partial charge on any atom is -0.493 e. The number of allylic oxidation sites excluding steroid dienone is 1. The van der Waals surface area contributed by atoms with E-state index in [1.54, 1.807) is 56.3 Å². The molecule has 1 aliphatic heterocycles. The number of benzene rings is 3. The molecular formula is C34H31BrFIN2O7S. The number of thiazole rings is 1. The Morgan fingerprint density at radius 1 is 1.06 bits per heavy atom. The number of ether oxygens (including phenoxy) is 5. The Bertz CT molecular complexity index is 2060. The number of aromatic nitrogens is 1. The Hall–Kier alpha value is -3.69. The van der Waals surface area contributed by atoms with Gasteiger partial charge in [-0.1, -0.05) is 45.5 Å². The highest BCUT2D eigenvalue weighted by Gasteiger charge is 2.35. The maximum Gasteiger partial charge on any atom is 0.338 e. The van der Waals surface area contributed by atoms with Crippen molar-refractivity contribution in [1.82, 2.24) is 4.57 Å². The maximum atomic E-state index is 14.2. The lowest BCUT2D eigenvalue weighted by Gasteiger charge is -2.26. The number of halogens is 3. The Morgan fingerprint density at radius 3 is 2.49 bits per heavy atom. The molecule has 0 bridgehead atoms. The van der Waals surface area contributed by atoms with Crippen LogP contribution < -0.4 is 33.8 Å². The van der Waals surface area contributed by atoms with Gasteiger partial charge in [0, 0.05) is 10.0 Å². The van der Waals surface area contributed by atoms with Gasteiger partial charge >= 0.3 is 5.97 Å². The van der Waals surface area contributed by atoms with E-state index in [1.165, 1.54) is 36.2 Å². The molecule has 0 N–H and O–H groups in total. The number of fused-ring (bicyclic) bond motifs is 1. The third kappa shape index (κ3) is 7.11.